The van der Waals surface area contributed by atoms with Gasteiger partial charge in [-0.2, -0.15) is 0 Å². The lowest BCUT2D eigenvalue weighted by Crippen LogP contribution is -2.41. The van der Waals surface area contributed by atoms with Crippen LogP contribution >= 0.6 is 0 Å². The highest BCUT2D eigenvalue weighted by Crippen LogP contribution is 2.32. The van der Waals surface area contributed by atoms with Crippen molar-refractivity contribution in [2.24, 2.45) is 11.7 Å². The molecule has 1 heterocycles. The smallest absolute Gasteiger partial charge is 0.220 e. The Bertz CT molecular complexity index is 331. The van der Waals surface area contributed by atoms with Crippen LogP contribution in [0.1, 0.15) is 25.0 Å². The number of nitrogens with one attached hydrogen (secondary N) is 1. The van der Waals surface area contributed by atoms with Gasteiger partial charge in [0, 0.05) is 25.4 Å². The number of hydrogen-bond acceptors (Lipinski definition) is 3. The van der Waals surface area contributed by atoms with E-state index in [9.17, 15) is 4.79 Å². The molecule has 0 saturated heterocycles. The van der Waals surface area contributed by atoms with Gasteiger partial charge in [-0.1, -0.05) is 0 Å². The lowest BCUT2D eigenvalue weighted by Gasteiger charge is -2.15. The molecule has 0 aromatic carbocycles. The third kappa shape index (κ3) is 3.10. The van der Waals surface area contributed by atoms with E-state index in [4.69, 9.17) is 10.2 Å². The van der Waals surface area contributed by atoms with Crippen LogP contribution in [0.2, 0.25) is 0 Å². The maximum atomic E-state index is 11.6. The van der Waals surface area contributed by atoms with Crippen LogP contribution in [0.5, 0.6) is 0 Å². The van der Waals surface area contributed by atoms with Gasteiger partial charge >= 0.3 is 0 Å². The highest BCUT2D eigenvalue weighted by atomic mass is 16.3. The summed E-state index contributed by atoms with van der Waals surface area (Å²) in [6.45, 7) is 0.539. The van der Waals surface area contributed by atoms with E-state index >= 15 is 0 Å². The van der Waals surface area contributed by atoms with Crippen LogP contribution < -0.4 is 11.1 Å². The maximum Gasteiger partial charge on any atom is 0.220 e. The average molecular weight is 222 g/mol. The van der Waals surface area contributed by atoms with E-state index in [1.54, 1.807) is 6.26 Å². The van der Waals surface area contributed by atoms with Gasteiger partial charge in [0.05, 0.1) is 6.26 Å². The van der Waals surface area contributed by atoms with Crippen molar-refractivity contribution < 1.29 is 9.21 Å². The van der Waals surface area contributed by atoms with Gasteiger partial charge < -0.3 is 15.5 Å². The Hall–Kier alpha value is -1.29. The summed E-state index contributed by atoms with van der Waals surface area (Å²) in [6, 6.07) is 3.89. The van der Waals surface area contributed by atoms with Gasteiger partial charge in [-0.3, -0.25) is 4.79 Å². The summed E-state index contributed by atoms with van der Waals surface area (Å²) in [7, 11) is 0. The molecule has 88 valence electrons. The number of amides is 1. The summed E-state index contributed by atoms with van der Waals surface area (Å²) in [4.78, 5) is 11.6. The normalized spacial score (nSPS) is 17.1. The highest BCUT2D eigenvalue weighted by molar-refractivity contribution is 5.76. The predicted molar refractivity (Wildman–Crippen MR) is 60.7 cm³/mol. The number of hydrogen-bond donors (Lipinski definition) is 2. The molecule has 1 aliphatic carbocycles. The average Bonchev–Trinajstić information content (AvgIpc) is 3.00. The first-order valence-electron chi connectivity index (χ1n) is 5.81. The van der Waals surface area contributed by atoms with Gasteiger partial charge in [-0.25, -0.2) is 0 Å². The first kappa shape index (κ1) is 11.2. The Morgan fingerprint density at radius 2 is 2.44 bits per heavy atom. The van der Waals surface area contributed by atoms with Gasteiger partial charge in [0.1, 0.15) is 5.76 Å². The molecule has 1 aromatic rings. The Morgan fingerprint density at radius 1 is 1.62 bits per heavy atom. The molecule has 0 bridgehead atoms. The lowest BCUT2D eigenvalue weighted by molar-refractivity contribution is -0.121. The van der Waals surface area contributed by atoms with Crippen molar-refractivity contribution in [2.45, 2.75) is 31.7 Å². The molecule has 4 nitrogen and oxygen atoms in total. The van der Waals surface area contributed by atoms with E-state index in [1.807, 2.05) is 12.1 Å². The second-order valence-corrected chi connectivity index (χ2v) is 4.33. The molecule has 0 aliphatic heterocycles. The molecule has 2 rings (SSSR count). The number of nitrogens with two attached hydrogens (primary N) is 1. The van der Waals surface area contributed by atoms with E-state index in [0.717, 1.165) is 5.76 Å². The Balaban J connectivity index is 1.71. The quantitative estimate of drug-likeness (QED) is 0.756. The Morgan fingerprint density at radius 3 is 3.00 bits per heavy atom. The summed E-state index contributed by atoms with van der Waals surface area (Å²) >= 11 is 0. The summed E-state index contributed by atoms with van der Waals surface area (Å²) < 4.78 is 5.17. The van der Waals surface area contributed by atoms with Crippen molar-refractivity contribution >= 4 is 5.91 Å². The SMILES string of the molecule is NCC(NC(=O)CCc1ccco1)C1CC1. The monoisotopic (exact) mass is 222 g/mol. The van der Waals surface area contributed by atoms with Gasteiger partial charge in [-0.05, 0) is 30.9 Å². The lowest BCUT2D eigenvalue weighted by atomic mass is 10.1. The van der Waals surface area contributed by atoms with Crippen LogP contribution in [0.25, 0.3) is 0 Å². The summed E-state index contributed by atoms with van der Waals surface area (Å²) in [5.41, 5.74) is 5.62. The number of aryl methyl sites for hydroxylation is 1. The van der Waals surface area contributed by atoms with Crippen molar-refractivity contribution in [1.29, 1.82) is 0 Å². The Kier molecular flexibility index (Phi) is 3.62. The van der Waals surface area contributed by atoms with Crippen molar-refractivity contribution in [3.05, 3.63) is 24.2 Å². The molecule has 4 heteroatoms. The third-order valence-electron chi connectivity index (χ3n) is 2.97. The van der Waals surface area contributed by atoms with E-state index < -0.39 is 0 Å². The fourth-order valence-electron chi connectivity index (χ4n) is 1.84. The second-order valence-electron chi connectivity index (χ2n) is 4.33. The first-order valence-corrected chi connectivity index (χ1v) is 5.81. The molecule has 1 unspecified atom stereocenters. The summed E-state index contributed by atoms with van der Waals surface area (Å²) in [5, 5.41) is 2.99. The van der Waals surface area contributed by atoms with Gasteiger partial charge in [-0.15, -0.1) is 0 Å². The largest absolute Gasteiger partial charge is 0.469 e. The van der Waals surface area contributed by atoms with Crippen LogP contribution in [0.3, 0.4) is 0 Å². The zero-order chi connectivity index (χ0) is 11.4. The zero-order valence-electron chi connectivity index (χ0n) is 9.32. The van der Waals surface area contributed by atoms with Crippen LogP contribution in [0.4, 0.5) is 0 Å². The zero-order valence-corrected chi connectivity index (χ0v) is 9.32. The molecule has 1 aliphatic rings. The maximum absolute atomic E-state index is 11.6. The number of furan rings is 1. The van der Waals surface area contributed by atoms with Crippen molar-refractivity contribution in [3.8, 4) is 0 Å². The van der Waals surface area contributed by atoms with E-state index in [0.29, 0.717) is 25.3 Å². The number of carbonyl (C=O) groups is 1. The molecular weight excluding hydrogens is 204 g/mol. The van der Waals surface area contributed by atoms with Gasteiger partial charge in [0.2, 0.25) is 5.91 Å². The van der Waals surface area contributed by atoms with Crippen LogP contribution in [-0.2, 0) is 11.2 Å². The minimum absolute atomic E-state index is 0.0683. The van der Waals surface area contributed by atoms with E-state index in [1.165, 1.54) is 12.8 Å². The van der Waals surface area contributed by atoms with Crippen molar-refractivity contribution in [2.75, 3.05) is 6.54 Å². The summed E-state index contributed by atoms with van der Waals surface area (Å²) in [6.07, 6.45) is 5.14. The minimum atomic E-state index is 0.0683. The van der Waals surface area contributed by atoms with Gasteiger partial charge in [0.15, 0.2) is 0 Å². The molecule has 0 radical (unpaired) electrons. The molecule has 0 spiro atoms. The van der Waals surface area contributed by atoms with Crippen molar-refractivity contribution in [3.63, 3.8) is 0 Å². The van der Waals surface area contributed by atoms with Crippen LogP contribution in [0.15, 0.2) is 22.8 Å². The second kappa shape index (κ2) is 5.16. The topological polar surface area (TPSA) is 68.3 Å². The standard InChI is InChI=1S/C12H18N2O2/c13-8-11(9-3-4-9)14-12(15)6-5-10-2-1-7-16-10/h1-2,7,9,11H,3-6,8,13H2,(H,14,15). The number of carbonyl (C=O) groups excluding carboxylic acids is 1. The first-order chi connectivity index (χ1) is 7.79. The molecule has 3 N–H and O–H groups in total. The molecule has 1 amide bonds. The molecular formula is C12H18N2O2. The minimum Gasteiger partial charge on any atom is -0.469 e. The van der Waals surface area contributed by atoms with Crippen LogP contribution in [-0.4, -0.2) is 18.5 Å². The fraction of sp³-hybridized carbons (Fsp3) is 0.583. The van der Waals surface area contributed by atoms with Gasteiger partial charge in [0.25, 0.3) is 0 Å². The Labute approximate surface area is 95.2 Å². The third-order valence-corrected chi connectivity index (χ3v) is 2.97. The van der Waals surface area contributed by atoms with E-state index in [-0.39, 0.29) is 11.9 Å². The number of rotatable bonds is 6. The molecule has 1 atom stereocenters. The molecule has 1 fully saturated rings. The fourth-order valence-corrected chi connectivity index (χ4v) is 1.84. The van der Waals surface area contributed by atoms with E-state index in [2.05, 4.69) is 5.32 Å². The summed E-state index contributed by atoms with van der Waals surface area (Å²) in [5.74, 6) is 1.53. The van der Waals surface area contributed by atoms with Crippen molar-refractivity contribution in [1.82, 2.24) is 5.32 Å². The molecule has 1 saturated carbocycles. The predicted octanol–water partition coefficient (Wildman–Crippen LogP) is 1.07. The van der Waals surface area contributed by atoms with Crippen LogP contribution in [0, 0.1) is 5.92 Å². The molecule has 1 aromatic heterocycles. The highest BCUT2D eigenvalue weighted by Gasteiger charge is 2.30. The molecule has 16 heavy (non-hydrogen) atoms.